The third kappa shape index (κ3) is 2.43. The van der Waals surface area contributed by atoms with Crippen LogP contribution in [0, 0.1) is 22.5 Å². The van der Waals surface area contributed by atoms with E-state index >= 15 is 0 Å². The Kier molecular flexibility index (Phi) is 3.86. The molecule has 4 rings (SSSR count). The van der Waals surface area contributed by atoms with Gasteiger partial charge in [0, 0.05) is 17.3 Å². The number of phenols is 1. The first kappa shape index (κ1) is 18.3. The molecule has 3 aliphatic rings. The number of fused-ring (bicyclic) bond motifs is 3. The molecule has 0 aliphatic heterocycles. The van der Waals surface area contributed by atoms with Crippen LogP contribution in [-0.4, -0.2) is 17.2 Å². The Hall–Kier alpha value is -1.47. The van der Waals surface area contributed by atoms with Crippen molar-refractivity contribution in [2.75, 3.05) is 0 Å². The number of aromatic hydroxyl groups is 1. The maximum Gasteiger partial charge on any atom is 0.284 e. The van der Waals surface area contributed by atoms with E-state index in [-0.39, 0.29) is 25.7 Å². The van der Waals surface area contributed by atoms with Crippen LogP contribution in [0.25, 0.3) is 0 Å². The standard InChI is InChI=1S/C17H17F7O/c1-14-4-6-15(7-5-14,13(20)17(14,23)24)8-16(21,22)9-2-3-10(25)12(19)11(9)18/h2-3,13,25H,4-8H2,1H3. The van der Waals surface area contributed by atoms with Crippen molar-refractivity contribution in [3.63, 3.8) is 0 Å². The van der Waals surface area contributed by atoms with Gasteiger partial charge in [0.1, 0.15) is 0 Å². The van der Waals surface area contributed by atoms with Gasteiger partial charge in [0.15, 0.2) is 17.7 Å². The number of alkyl halides is 5. The summed E-state index contributed by atoms with van der Waals surface area (Å²) in [6.45, 7) is 1.25. The van der Waals surface area contributed by atoms with Crippen molar-refractivity contribution >= 4 is 0 Å². The molecule has 140 valence electrons. The molecule has 1 aromatic rings. The van der Waals surface area contributed by atoms with Crippen molar-refractivity contribution < 1.29 is 35.8 Å². The van der Waals surface area contributed by atoms with E-state index in [1.165, 1.54) is 6.92 Å². The summed E-state index contributed by atoms with van der Waals surface area (Å²) < 4.78 is 99.5. The molecular formula is C17H17F7O. The third-order valence-electron chi connectivity index (χ3n) is 6.04. The molecule has 8 heteroatoms. The van der Waals surface area contributed by atoms with Crippen LogP contribution in [0.2, 0.25) is 0 Å². The average molecular weight is 370 g/mol. The monoisotopic (exact) mass is 370 g/mol. The second-order valence-corrected chi connectivity index (χ2v) is 7.55. The summed E-state index contributed by atoms with van der Waals surface area (Å²) in [6.07, 6.45) is -4.67. The van der Waals surface area contributed by atoms with E-state index in [1.54, 1.807) is 0 Å². The molecule has 1 N–H and O–H groups in total. The molecule has 0 heterocycles. The van der Waals surface area contributed by atoms with E-state index < -0.39 is 58.2 Å². The number of phenolic OH excluding ortho intramolecular Hbond substituents is 1. The molecular weight excluding hydrogens is 353 g/mol. The number of rotatable bonds is 3. The summed E-state index contributed by atoms with van der Waals surface area (Å²) in [4.78, 5) is 0. The quantitative estimate of drug-likeness (QED) is 0.676. The van der Waals surface area contributed by atoms with Crippen molar-refractivity contribution in [3.05, 3.63) is 29.3 Å². The molecule has 3 saturated carbocycles. The molecule has 3 fully saturated rings. The number of halogens is 7. The second kappa shape index (κ2) is 5.27. The van der Waals surface area contributed by atoms with E-state index in [0.717, 1.165) is 0 Å². The third-order valence-corrected chi connectivity index (χ3v) is 6.04. The summed E-state index contributed by atoms with van der Waals surface area (Å²) in [5, 5.41) is 9.03. The minimum Gasteiger partial charge on any atom is -0.505 e. The van der Waals surface area contributed by atoms with Gasteiger partial charge in [0.05, 0.1) is 5.56 Å². The van der Waals surface area contributed by atoms with Crippen LogP contribution in [0.5, 0.6) is 5.75 Å². The second-order valence-electron chi connectivity index (χ2n) is 7.55. The van der Waals surface area contributed by atoms with Gasteiger partial charge < -0.3 is 5.11 Å². The zero-order valence-corrected chi connectivity index (χ0v) is 13.4. The lowest BCUT2D eigenvalue weighted by Gasteiger charge is -2.58. The summed E-state index contributed by atoms with van der Waals surface area (Å²) in [7, 11) is 0. The Balaban J connectivity index is 1.97. The average Bonchev–Trinajstić information content (AvgIpc) is 2.52. The maximum absolute atomic E-state index is 14.6. The highest BCUT2D eigenvalue weighted by Crippen LogP contribution is 2.67. The van der Waals surface area contributed by atoms with Crippen molar-refractivity contribution in [2.24, 2.45) is 10.8 Å². The highest BCUT2D eigenvalue weighted by molar-refractivity contribution is 5.33. The summed E-state index contributed by atoms with van der Waals surface area (Å²) >= 11 is 0. The van der Waals surface area contributed by atoms with Crippen molar-refractivity contribution in [3.8, 4) is 5.75 Å². The molecule has 0 radical (unpaired) electrons. The predicted molar refractivity (Wildman–Crippen MR) is 75.4 cm³/mol. The first-order chi connectivity index (χ1) is 11.4. The molecule has 1 aromatic carbocycles. The molecule has 0 spiro atoms. The van der Waals surface area contributed by atoms with Gasteiger partial charge in [0.2, 0.25) is 5.82 Å². The highest BCUT2D eigenvalue weighted by atomic mass is 19.3. The van der Waals surface area contributed by atoms with Crippen molar-refractivity contribution in [1.82, 2.24) is 0 Å². The molecule has 0 saturated heterocycles. The fraction of sp³-hybridized carbons (Fsp3) is 0.647. The normalized spacial score (nSPS) is 34.3. The lowest BCUT2D eigenvalue weighted by atomic mass is 9.50. The van der Waals surface area contributed by atoms with E-state index in [4.69, 9.17) is 5.11 Å². The Morgan fingerprint density at radius 1 is 1.08 bits per heavy atom. The lowest BCUT2D eigenvalue weighted by molar-refractivity contribution is -0.275. The van der Waals surface area contributed by atoms with Crippen LogP contribution in [-0.2, 0) is 5.92 Å². The molecule has 0 aromatic heterocycles. The van der Waals surface area contributed by atoms with Crippen LogP contribution < -0.4 is 0 Å². The van der Waals surface area contributed by atoms with Gasteiger partial charge in [0.25, 0.3) is 11.8 Å². The fourth-order valence-corrected chi connectivity index (χ4v) is 4.20. The van der Waals surface area contributed by atoms with Gasteiger partial charge in [-0.25, -0.2) is 26.3 Å². The van der Waals surface area contributed by atoms with Crippen LogP contribution >= 0.6 is 0 Å². The van der Waals surface area contributed by atoms with Crippen molar-refractivity contribution in [2.45, 2.75) is 57.0 Å². The molecule has 25 heavy (non-hydrogen) atoms. The topological polar surface area (TPSA) is 20.2 Å². The minimum atomic E-state index is -4.05. The van der Waals surface area contributed by atoms with Gasteiger partial charge in [-0.15, -0.1) is 0 Å². The SMILES string of the molecule is CC12CCC(CC(F)(F)c3ccc(O)c(F)c3F)(CC1)C(F)C2(F)F. The fourth-order valence-electron chi connectivity index (χ4n) is 4.20. The minimum absolute atomic E-state index is 0.108. The molecule has 2 bridgehead atoms. The van der Waals surface area contributed by atoms with Gasteiger partial charge >= 0.3 is 0 Å². The summed E-state index contributed by atoms with van der Waals surface area (Å²) in [6, 6.07) is 1.05. The summed E-state index contributed by atoms with van der Waals surface area (Å²) in [5.41, 5.74) is -4.93. The van der Waals surface area contributed by atoms with Crippen LogP contribution in [0.15, 0.2) is 12.1 Å². The Morgan fingerprint density at radius 3 is 2.20 bits per heavy atom. The number of hydrogen-bond donors (Lipinski definition) is 1. The molecule has 1 unspecified atom stereocenters. The first-order valence-corrected chi connectivity index (χ1v) is 7.94. The zero-order chi connectivity index (χ0) is 18.8. The lowest BCUT2D eigenvalue weighted by Crippen LogP contribution is -2.63. The largest absolute Gasteiger partial charge is 0.505 e. The smallest absolute Gasteiger partial charge is 0.284 e. The van der Waals surface area contributed by atoms with Crippen LogP contribution in [0.4, 0.5) is 30.7 Å². The molecule has 0 amide bonds. The predicted octanol–water partition coefficient (Wildman–Crippen LogP) is 5.71. The van der Waals surface area contributed by atoms with Crippen LogP contribution in [0.1, 0.15) is 44.6 Å². The summed E-state index contributed by atoms with van der Waals surface area (Å²) in [5.74, 6) is -12.8. The Morgan fingerprint density at radius 2 is 1.64 bits per heavy atom. The maximum atomic E-state index is 14.6. The van der Waals surface area contributed by atoms with E-state index in [1.807, 2.05) is 0 Å². The number of hydrogen-bond acceptors (Lipinski definition) is 1. The Labute approximate surface area is 139 Å². The van der Waals surface area contributed by atoms with Crippen molar-refractivity contribution in [1.29, 1.82) is 0 Å². The first-order valence-electron chi connectivity index (χ1n) is 7.94. The van der Waals surface area contributed by atoms with E-state index in [2.05, 4.69) is 0 Å². The molecule has 1 nitrogen and oxygen atoms in total. The van der Waals surface area contributed by atoms with Gasteiger partial charge in [-0.2, -0.15) is 4.39 Å². The highest BCUT2D eigenvalue weighted by Gasteiger charge is 2.71. The van der Waals surface area contributed by atoms with E-state index in [9.17, 15) is 30.7 Å². The Bertz CT molecular complexity index is 692. The molecule has 3 aliphatic carbocycles. The van der Waals surface area contributed by atoms with Gasteiger partial charge in [-0.3, -0.25) is 0 Å². The zero-order valence-electron chi connectivity index (χ0n) is 13.4. The number of benzene rings is 1. The molecule has 1 atom stereocenters. The van der Waals surface area contributed by atoms with Gasteiger partial charge in [-0.1, -0.05) is 6.92 Å². The van der Waals surface area contributed by atoms with E-state index in [0.29, 0.717) is 12.1 Å². The van der Waals surface area contributed by atoms with Gasteiger partial charge in [-0.05, 0) is 37.8 Å². The van der Waals surface area contributed by atoms with Crippen LogP contribution in [0.3, 0.4) is 0 Å².